The van der Waals surface area contributed by atoms with Crippen LogP contribution in [-0.2, 0) is 27.9 Å². The minimum absolute atomic E-state index is 0.0349. The van der Waals surface area contributed by atoms with Gasteiger partial charge in [-0.3, -0.25) is 4.79 Å². The summed E-state index contributed by atoms with van der Waals surface area (Å²) in [4.78, 5) is 15.7. The van der Waals surface area contributed by atoms with E-state index in [1.54, 1.807) is 6.07 Å². The fourth-order valence-corrected chi connectivity index (χ4v) is 6.35. The lowest BCUT2D eigenvalue weighted by molar-refractivity contribution is -0.138. The zero-order chi connectivity index (χ0) is 25.5. The highest BCUT2D eigenvalue weighted by Crippen LogP contribution is 2.31. The molecule has 1 atom stereocenters. The van der Waals surface area contributed by atoms with Gasteiger partial charge in [0.1, 0.15) is 5.75 Å². The van der Waals surface area contributed by atoms with Crippen LogP contribution in [0, 0.1) is 5.92 Å². The normalized spacial score (nSPS) is 16.4. The molecule has 0 spiro atoms. The summed E-state index contributed by atoms with van der Waals surface area (Å²) in [5, 5.41) is 0.249. The highest BCUT2D eigenvalue weighted by Gasteiger charge is 2.35. The Kier molecular flexibility index (Phi) is 8.67. The zero-order valence-corrected chi connectivity index (χ0v) is 21.9. The van der Waals surface area contributed by atoms with Gasteiger partial charge < -0.3 is 9.64 Å². The molecule has 0 radical (unpaired) electrons. The van der Waals surface area contributed by atoms with Crippen LogP contribution in [0.1, 0.15) is 30.9 Å². The smallest absolute Gasteiger partial charge is 0.243 e. The van der Waals surface area contributed by atoms with Crippen molar-refractivity contribution < 1.29 is 17.9 Å². The van der Waals surface area contributed by atoms with Crippen molar-refractivity contribution in [3.05, 3.63) is 95.0 Å². The highest BCUT2D eigenvalue weighted by atomic mass is 35.5. The lowest BCUT2D eigenvalue weighted by Crippen LogP contribution is -2.46. The fraction of sp³-hybridized carbons (Fsp3) is 0.321. The second kappa shape index (κ2) is 11.9. The van der Waals surface area contributed by atoms with Gasteiger partial charge in [-0.05, 0) is 49.1 Å². The number of amides is 1. The molecule has 1 fully saturated rings. The molecule has 4 rings (SSSR count). The second-order valence-electron chi connectivity index (χ2n) is 8.89. The Morgan fingerprint density at radius 2 is 1.61 bits per heavy atom. The Hall–Kier alpha value is -2.87. The summed E-state index contributed by atoms with van der Waals surface area (Å²) < 4.78 is 33.7. The van der Waals surface area contributed by atoms with Crippen molar-refractivity contribution in [3.63, 3.8) is 0 Å². The van der Waals surface area contributed by atoms with E-state index < -0.39 is 15.9 Å². The van der Waals surface area contributed by atoms with E-state index in [-0.39, 0.29) is 22.4 Å². The van der Waals surface area contributed by atoms with Crippen molar-refractivity contribution in [2.45, 2.75) is 37.8 Å². The number of carbonyl (C=O) groups is 1. The lowest BCUT2D eigenvalue weighted by atomic mass is 9.97. The SMILES string of the molecule is CCOc1ccc(S(=O)(=O)N2CCC[C@H](C(=O)N(Cc3ccccc3)Cc3ccccc3)C2)cc1Cl. The molecule has 0 aromatic heterocycles. The van der Waals surface area contributed by atoms with Crippen LogP contribution in [0.15, 0.2) is 83.8 Å². The largest absolute Gasteiger partial charge is 0.492 e. The Bertz CT molecular complexity index is 1230. The number of ether oxygens (including phenoxy) is 1. The zero-order valence-electron chi connectivity index (χ0n) is 20.3. The van der Waals surface area contributed by atoms with Gasteiger partial charge in [-0.1, -0.05) is 72.3 Å². The summed E-state index contributed by atoms with van der Waals surface area (Å²) in [6.07, 6.45) is 1.26. The molecule has 0 N–H and O–H groups in total. The Balaban J connectivity index is 1.53. The van der Waals surface area contributed by atoms with Crippen LogP contribution in [0.2, 0.25) is 5.02 Å². The van der Waals surface area contributed by atoms with Crippen molar-refractivity contribution in [2.24, 2.45) is 5.92 Å². The molecule has 0 aliphatic carbocycles. The number of rotatable bonds is 9. The average molecular weight is 527 g/mol. The van der Waals surface area contributed by atoms with E-state index in [9.17, 15) is 13.2 Å². The van der Waals surface area contributed by atoms with Crippen LogP contribution in [0.3, 0.4) is 0 Å². The second-order valence-corrected chi connectivity index (χ2v) is 11.2. The van der Waals surface area contributed by atoms with Crippen LogP contribution in [0.5, 0.6) is 5.75 Å². The first-order valence-electron chi connectivity index (χ1n) is 12.2. The Labute approximate surface area is 218 Å². The third-order valence-electron chi connectivity index (χ3n) is 6.32. The predicted molar refractivity (Wildman–Crippen MR) is 141 cm³/mol. The number of hydrogen-bond donors (Lipinski definition) is 0. The number of benzene rings is 3. The van der Waals surface area contributed by atoms with E-state index in [0.717, 1.165) is 11.1 Å². The number of piperidine rings is 1. The van der Waals surface area contributed by atoms with Crippen LogP contribution in [-0.4, -0.2) is 43.2 Å². The van der Waals surface area contributed by atoms with Gasteiger partial charge in [-0.15, -0.1) is 0 Å². The molecular formula is C28H31ClN2O4S. The number of hydrogen-bond acceptors (Lipinski definition) is 4. The van der Waals surface area contributed by atoms with E-state index in [1.165, 1.54) is 16.4 Å². The first-order valence-corrected chi connectivity index (χ1v) is 14.0. The van der Waals surface area contributed by atoms with Gasteiger partial charge >= 0.3 is 0 Å². The number of sulfonamides is 1. The lowest BCUT2D eigenvalue weighted by Gasteiger charge is -2.34. The van der Waals surface area contributed by atoms with Gasteiger partial charge in [0.25, 0.3) is 0 Å². The van der Waals surface area contributed by atoms with Crippen LogP contribution >= 0.6 is 11.6 Å². The molecule has 1 heterocycles. The quantitative estimate of drug-likeness (QED) is 0.376. The summed E-state index contributed by atoms with van der Waals surface area (Å²) in [5.41, 5.74) is 2.07. The van der Waals surface area contributed by atoms with Crippen LogP contribution < -0.4 is 4.74 Å². The Morgan fingerprint density at radius 3 is 2.17 bits per heavy atom. The number of halogens is 1. The van der Waals surface area contributed by atoms with Gasteiger partial charge in [0, 0.05) is 26.2 Å². The summed E-state index contributed by atoms with van der Waals surface area (Å²) >= 11 is 6.26. The molecule has 0 saturated carbocycles. The van der Waals surface area contributed by atoms with Gasteiger partial charge in [0.2, 0.25) is 15.9 Å². The van der Waals surface area contributed by atoms with E-state index >= 15 is 0 Å². The maximum atomic E-state index is 13.8. The van der Waals surface area contributed by atoms with Crippen LogP contribution in [0.25, 0.3) is 0 Å². The molecule has 1 saturated heterocycles. The minimum Gasteiger partial charge on any atom is -0.492 e. The first kappa shape index (κ1) is 26.2. The average Bonchev–Trinajstić information content (AvgIpc) is 2.90. The minimum atomic E-state index is -3.80. The summed E-state index contributed by atoms with van der Waals surface area (Å²) in [6.45, 7) is 3.72. The van der Waals surface area contributed by atoms with Gasteiger partial charge in [-0.2, -0.15) is 4.31 Å². The molecule has 36 heavy (non-hydrogen) atoms. The highest BCUT2D eigenvalue weighted by molar-refractivity contribution is 7.89. The topological polar surface area (TPSA) is 66.9 Å². The van der Waals surface area contributed by atoms with Crippen molar-refractivity contribution in [2.75, 3.05) is 19.7 Å². The number of carbonyl (C=O) groups excluding carboxylic acids is 1. The maximum Gasteiger partial charge on any atom is 0.243 e. The fourth-order valence-electron chi connectivity index (χ4n) is 4.50. The Morgan fingerprint density at radius 1 is 1.00 bits per heavy atom. The molecule has 1 aliphatic rings. The molecule has 6 nitrogen and oxygen atoms in total. The van der Waals surface area contributed by atoms with E-state index in [4.69, 9.17) is 16.3 Å². The van der Waals surface area contributed by atoms with Gasteiger partial charge in [-0.25, -0.2) is 8.42 Å². The number of nitrogens with zero attached hydrogens (tertiary/aromatic N) is 2. The maximum absolute atomic E-state index is 13.8. The first-order chi connectivity index (χ1) is 17.4. The van der Waals surface area contributed by atoms with E-state index in [1.807, 2.05) is 72.5 Å². The van der Waals surface area contributed by atoms with E-state index in [0.29, 0.717) is 44.8 Å². The van der Waals surface area contributed by atoms with Gasteiger partial charge in [0.15, 0.2) is 0 Å². The van der Waals surface area contributed by atoms with E-state index in [2.05, 4.69) is 0 Å². The third kappa shape index (κ3) is 6.27. The molecule has 190 valence electrons. The molecular weight excluding hydrogens is 496 g/mol. The molecule has 3 aromatic rings. The standard InChI is InChI=1S/C28H31ClN2O4S/c1-2-35-27-16-15-25(18-26(27)29)36(33,34)31-17-9-14-24(21-31)28(32)30(19-22-10-5-3-6-11-22)20-23-12-7-4-8-13-23/h3-8,10-13,15-16,18,24H,2,9,14,17,19-21H2,1H3/t24-/m0/s1. The monoisotopic (exact) mass is 526 g/mol. The summed E-state index contributed by atoms with van der Waals surface area (Å²) in [7, 11) is -3.80. The van der Waals surface area contributed by atoms with Crippen molar-refractivity contribution >= 4 is 27.5 Å². The molecule has 8 heteroatoms. The van der Waals surface area contributed by atoms with Crippen LogP contribution in [0.4, 0.5) is 0 Å². The van der Waals surface area contributed by atoms with Gasteiger partial charge in [0.05, 0.1) is 22.4 Å². The predicted octanol–water partition coefficient (Wildman–Crippen LogP) is 5.37. The molecule has 3 aromatic carbocycles. The third-order valence-corrected chi connectivity index (χ3v) is 8.48. The molecule has 1 aliphatic heterocycles. The molecule has 1 amide bonds. The molecule has 0 bridgehead atoms. The van der Waals surface area contributed by atoms with Crippen molar-refractivity contribution in [1.82, 2.24) is 9.21 Å². The molecule has 0 unspecified atom stereocenters. The van der Waals surface area contributed by atoms with Crippen molar-refractivity contribution in [3.8, 4) is 5.75 Å². The summed E-state index contributed by atoms with van der Waals surface area (Å²) in [6, 6.07) is 24.2. The summed E-state index contributed by atoms with van der Waals surface area (Å²) in [5.74, 6) is -0.00580. The van der Waals surface area contributed by atoms with Crippen molar-refractivity contribution in [1.29, 1.82) is 0 Å².